The second-order valence-electron chi connectivity index (χ2n) is 4.24. The maximum absolute atomic E-state index is 12.1. The predicted molar refractivity (Wildman–Crippen MR) is 70.3 cm³/mol. The summed E-state index contributed by atoms with van der Waals surface area (Å²) in [4.78, 5) is 28.2. The van der Waals surface area contributed by atoms with Crippen molar-refractivity contribution in [2.45, 2.75) is 13.0 Å². The molecular weight excluding hydrogens is 246 g/mol. The largest absolute Gasteiger partial charge is 0.383 e. The van der Waals surface area contributed by atoms with Gasteiger partial charge in [-0.15, -0.1) is 0 Å². The van der Waals surface area contributed by atoms with Gasteiger partial charge in [0.2, 0.25) is 0 Å². The van der Waals surface area contributed by atoms with E-state index < -0.39 is 5.91 Å². The number of aromatic nitrogens is 2. The summed E-state index contributed by atoms with van der Waals surface area (Å²) >= 11 is 0. The quantitative estimate of drug-likeness (QED) is 0.867. The lowest BCUT2D eigenvalue weighted by Gasteiger charge is -2.12. The van der Waals surface area contributed by atoms with Crippen LogP contribution < -0.4 is 10.9 Å². The van der Waals surface area contributed by atoms with Gasteiger partial charge >= 0.3 is 0 Å². The van der Waals surface area contributed by atoms with Crippen LogP contribution in [0.25, 0.3) is 5.65 Å². The number of methoxy groups -OCH3 is 1. The Balaban J connectivity index is 2.33. The van der Waals surface area contributed by atoms with Gasteiger partial charge in [0, 0.05) is 25.5 Å². The Hall–Kier alpha value is -2.21. The molecule has 0 aliphatic heterocycles. The maximum atomic E-state index is 12.1. The number of pyridine rings is 1. The first kappa shape index (κ1) is 13.2. The monoisotopic (exact) mass is 261 g/mol. The van der Waals surface area contributed by atoms with Crippen molar-refractivity contribution in [1.82, 2.24) is 14.7 Å². The molecule has 0 radical (unpaired) electrons. The van der Waals surface area contributed by atoms with E-state index >= 15 is 0 Å². The Bertz CT molecular complexity index is 651. The molecule has 6 nitrogen and oxygen atoms in total. The summed E-state index contributed by atoms with van der Waals surface area (Å²) in [5.41, 5.74) is 0.147. The summed E-state index contributed by atoms with van der Waals surface area (Å²) in [6, 6.07) is 5.03. The van der Waals surface area contributed by atoms with Crippen molar-refractivity contribution in [1.29, 1.82) is 0 Å². The van der Waals surface area contributed by atoms with E-state index in [0.29, 0.717) is 12.3 Å². The van der Waals surface area contributed by atoms with Crippen molar-refractivity contribution in [3.8, 4) is 0 Å². The molecule has 0 saturated heterocycles. The van der Waals surface area contributed by atoms with Crippen molar-refractivity contribution in [2.75, 3.05) is 13.7 Å². The third-order valence-corrected chi connectivity index (χ3v) is 2.65. The number of ether oxygens (including phenoxy) is 1. The van der Waals surface area contributed by atoms with Crippen molar-refractivity contribution in [3.05, 3.63) is 46.5 Å². The highest BCUT2D eigenvalue weighted by molar-refractivity contribution is 5.93. The highest BCUT2D eigenvalue weighted by Gasteiger charge is 2.15. The summed E-state index contributed by atoms with van der Waals surface area (Å²) in [6.07, 6.45) is 2.88. The van der Waals surface area contributed by atoms with E-state index in [1.54, 1.807) is 38.4 Å². The van der Waals surface area contributed by atoms with Gasteiger partial charge in [-0.05, 0) is 19.1 Å². The van der Waals surface area contributed by atoms with Gasteiger partial charge in [-0.25, -0.2) is 4.98 Å². The molecule has 0 bridgehead atoms. The van der Waals surface area contributed by atoms with Gasteiger partial charge in [0.15, 0.2) is 0 Å². The van der Waals surface area contributed by atoms with E-state index in [-0.39, 0.29) is 17.2 Å². The Morgan fingerprint density at radius 2 is 2.32 bits per heavy atom. The van der Waals surface area contributed by atoms with Crippen LogP contribution >= 0.6 is 0 Å². The van der Waals surface area contributed by atoms with Crippen LogP contribution in [0.3, 0.4) is 0 Å². The molecule has 100 valence electrons. The summed E-state index contributed by atoms with van der Waals surface area (Å²) < 4.78 is 6.27. The molecule has 0 fully saturated rings. The average molecular weight is 261 g/mol. The van der Waals surface area contributed by atoms with Crippen LogP contribution in [0.4, 0.5) is 0 Å². The van der Waals surface area contributed by atoms with E-state index in [9.17, 15) is 9.59 Å². The standard InChI is InChI=1S/C13H15N3O3/c1-9(8-19-2)15-12(17)10-7-14-11-5-3-4-6-16(11)13(10)18/h3-7,9H,8H2,1-2H3,(H,15,17)/t9-/m1/s1. The zero-order valence-corrected chi connectivity index (χ0v) is 10.8. The SMILES string of the molecule is COC[C@@H](C)NC(=O)c1cnc2ccccn2c1=O. The summed E-state index contributed by atoms with van der Waals surface area (Å²) in [7, 11) is 1.55. The van der Waals surface area contributed by atoms with Crippen LogP contribution in [-0.4, -0.2) is 35.1 Å². The van der Waals surface area contributed by atoms with Crippen LogP contribution in [0.2, 0.25) is 0 Å². The van der Waals surface area contributed by atoms with Crippen LogP contribution in [0.5, 0.6) is 0 Å². The van der Waals surface area contributed by atoms with Gasteiger partial charge in [0.25, 0.3) is 11.5 Å². The van der Waals surface area contributed by atoms with Crippen LogP contribution in [-0.2, 0) is 4.74 Å². The fraction of sp³-hybridized carbons (Fsp3) is 0.308. The molecule has 0 aliphatic rings. The minimum absolute atomic E-state index is 0.0200. The minimum Gasteiger partial charge on any atom is -0.383 e. The molecule has 1 amide bonds. The number of rotatable bonds is 4. The zero-order valence-electron chi connectivity index (χ0n) is 10.8. The van der Waals surface area contributed by atoms with E-state index in [2.05, 4.69) is 10.3 Å². The lowest BCUT2D eigenvalue weighted by Crippen LogP contribution is -2.39. The first-order valence-electron chi connectivity index (χ1n) is 5.89. The molecule has 0 aliphatic carbocycles. The average Bonchev–Trinajstić information content (AvgIpc) is 2.39. The number of fused-ring (bicyclic) bond motifs is 1. The Morgan fingerprint density at radius 1 is 1.53 bits per heavy atom. The summed E-state index contributed by atoms with van der Waals surface area (Å²) in [5, 5.41) is 2.69. The first-order valence-corrected chi connectivity index (χ1v) is 5.89. The Morgan fingerprint density at radius 3 is 3.05 bits per heavy atom. The second kappa shape index (κ2) is 5.62. The van der Waals surface area contributed by atoms with E-state index in [0.717, 1.165) is 0 Å². The normalized spacial score (nSPS) is 12.3. The molecule has 19 heavy (non-hydrogen) atoms. The van der Waals surface area contributed by atoms with Crippen molar-refractivity contribution < 1.29 is 9.53 Å². The molecule has 2 aromatic rings. The molecule has 0 unspecified atom stereocenters. The Kier molecular flexibility index (Phi) is 3.91. The highest BCUT2D eigenvalue weighted by atomic mass is 16.5. The lowest BCUT2D eigenvalue weighted by molar-refractivity contribution is 0.0903. The second-order valence-corrected chi connectivity index (χ2v) is 4.24. The number of hydrogen-bond donors (Lipinski definition) is 1. The van der Waals surface area contributed by atoms with Gasteiger partial charge in [-0.3, -0.25) is 14.0 Å². The van der Waals surface area contributed by atoms with Crippen LogP contribution in [0, 0.1) is 0 Å². The molecule has 2 heterocycles. The molecule has 1 atom stereocenters. The molecule has 1 N–H and O–H groups in total. The summed E-state index contributed by atoms with van der Waals surface area (Å²) in [5.74, 6) is -0.444. The van der Waals surface area contributed by atoms with Crippen molar-refractivity contribution in [2.24, 2.45) is 0 Å². The van der Waals surface area contributed by atoms with Crippen LogP contribution in [0.15, 0.2) is 35.4 Å². The lowest BCUT2D eigenvalue weighted by atomic mass is 10.2. The predicted octanol–water partition coefficient (Wildman–Crippen LogP) is 0.459. The number of nitrogens with zero attached hydrogens (tertiary/aromatic N) is 2. The number of carbonyl (C=O) groups is 1. The maximum Gasteiger partial charge on any atom is 0.270 e. The molecule has 0 saturated carbocycles. The molecule has 0 aromatic carbocycles. The van der Waals surface area contributed by atoms with Crippen LogP contribution in [0.1, 0.15) is 17.3 Å². The van der Waals surface area contributed by atoms with Gasteiger partial charge in [0.05, 0.1) is 6.61 Å². The van der Waals surface area contributed by atoms with Crippen molar-refractivity contribution >= 4 is 11.6 Å². The molecule has 0 spiro atoms. The highest BCUT2D eigenvalue weighted by Crippen LogP contribution is 1.98. The molecular formula is C13H15N3O3. The number of hydrogen-bond acceptors (Lipinski definition) is 4. The third-order valence-electron chi connectivity index (χ3n) is 2.65. The van der Waals surface area contributed by atoms with Gasteiger partial charge in [-0.2, -0.15) is 0 Å². The third kappa shape index (κ3) is 2.79. The fourth-order valence-electron chi connectivity index (χ4n) is 1.78. The Labute approximate surface area is 110 Å². The topological polar surface area (TPSA) is 72.7 Å². The zero-order chi connectivity index (χ0) is 13.8. The first-order chi connectivity index (χ1) is 9.13. The molecule has 2 rings (SSSR count). The fourth-order valence-corrected chi connectivity index (χ4v) is 1.78. The van der Waals surface area contributed by atoms with E-state index in [4.69, 9.17) is 4.74 Å². The number of nitrogens with one attached hydrogen (secondary N) is 1. The van der Waals surface area contributed by atoms with Gasteiger partial charge < -0.3 is 10.1 Å². The van der Waals surface area contributed by atoms with Gasteiger partial charge in [-0.1, -0.05) is 6.07 Å². The van der Waals surface area contributed by atoms with Crippen molar-refractivity contribution in [3.63, 3.8) is 0 Å². The molecule has 6 heteroatoms. The molecule has 2 aromatic heterocycles. The van der Waals surface area contributed by atoms with Gasteiger partial charge in [0.1, 0.15) is 11.2 Å². The number of amides is 1. The van der Waals surface area contributed by atoms with E-state index in [1.807, 2.05) is 0 Å². The smallest absolute Gasteiger partial charge is 0.270 e. The summed E-state index contributed by atoms with van der Waals surface area (Å²) in [6.45, 7) is 2.18. The minimum atomic E-state index is -0.444. The number of carbonyl (C=O) groups excluding carboxylic acids is 1. The van der Waals surface area contributed by atoms with E-state index in [1.165, 1.54) is 10.6 Å².